The van der Waals surface area contributed by atoms with Gasteiger partial charge in [-0.25, -0.2) is 4.98 Å². The predicted octanol–water partition coefficient (Wildman–Crippen LogP) is 1.26. The molecule has 0 fully saturated rings. The van der Waals surface area contributed by atoms with E-state index in [1.807, 2.05) is 25.1 Å². The second kappa shape index (κ2) is 2.27. The molecule has 0 aliphatic heterocycles. The molecule has 2 heteroatoms. The Balaban J connectivity index is 3.20. The number of aromatic nitrogens is 1. The smallest absolute Gasteiger partial charge is 0.143 e. The lowest BCUT2D eigenvalue weighted by molar-refractivity contribution is 1.21. The van der Waals surface area contributed by atoms with Crippen LogP contribution in [0.15, 0.2) is 18.3 Å². The van der Waals surface area contributed by atoms with Gasteiger partial charge in [0.25, 0.3) is 0 Å². The summed E-state index contributed by atoms with van der Waals surface area (Å²) < 4.78 is 0. The third kappa shape index (κ3) is 1.06. The number of pyridine rings is 1. The standard InChI is InChI=1S/C7H6N2/c1-6-3-2-4-9-7(6)5-8/h2-4H,1H3. The molecule has 9 heavy (non-hydrogen) atoms. The summed E-state index contributed by atoms with van der Waals surface area (Å²) in [6.07, 6.45) is 1.62. The molecule has 44 valence electrons. The van der Waals surface area contributed by atoms with Gasteiger partial charge in [-0.15, -0.1) is 0 Å². The summed E-state index contributed by atoms with van der Waals surface area (Å²) >= 11 is 0. The van der Waals surface area contributed by atoms with Crippen LogP contribution in [0.25, 0.3) is 0 Å². The minimum Gasteiger partial charge on any atom is -0.245 e. The molecule has 0 radical (unpaired) electrons. The summed E-state index contributed by atoms with van der Waals surface area (Å²) in [7, 11) is 0. The zero-order chi connectivity index (χ0) is 6.69. The number of aryl methyl sites for hydroxylation is 1. The molecule has 2 nitrogen and oxygen atoms in total. The van der Waals surface area contributed by atoms with Gasteiger partial charge in [-0.05, 0) is 18.6 Å². The van der Waals surface area contributed by atoms with Crippen LogP contribution < -0.4 is 0 Å². The van der Waals surface area contributed by atoms with E-state index in [0.717, 1.165) is 5.56 Å². The summed E-state index contributed by atoms with van der Waals surface area (Å²) in [5.41, 5.74) is 1.44. The highest BCUT2D eigenvalue weighted by Crippen LogP contribution is 1.99. The fourth-order valence-corrected chi connectivity index (χ4v) is 0.603. The predicted molar refractivity (Wildman–Crippen MR) is 33.7 cm³/mol. The van der Waals surface area contributed by atoms with Crippen molar-refractivity contribution in [3.63, 3.8) is 0 Å². The van der Waals surface area contributed by atoms with Gasteiger partial charge >= 0.3 is 0 Å². The Morgan fingerprint density at radius 1 is 1.67 bits per heavy atom. The van der Waals surface area contributed by atoms with Crippen LogP contribution in [0.3, 0.4) is 0 Å². The van der Waals surface area contributed by atoms with Crippen molar-refractivity contribution >= 4 is 0 Å². The second-order valence-electron chi connectivity index (χ2n) is 1.78. The lowest BCUT2D eigenvalue weighted by Gasteiger charge is -1.89. The zero-order valence-corrected chi connectivity index (χ0v) is 5.13. The van der Waals surface area contributed by atoms with E-state index in [1.165, 1.54) is 0 Å². The number of hydrogen-bond acceptors (Lipinski definition) is 2. The van der Waals surface area contributed by atoms with Crippen LogP contribution >= 0.6 is 0 Å². The summed E-state index contributed by atoms with van der Waals surface area (Å²) in [6, 6.07) is 5.67. The molecular weight excluding hydrogens is 112 g/mol. The molecule has 0 saturated heterocycles. The van der Waals surface area contributed by atoms with Gasteiger partial charge in [0.15, 0.2) is 0 Å². The quantitative estimate of drug-likeness (QED) is 0.514. The molecule has 1 aromatic rings. The molecule has 0 N–H and O–H groups in total. The highest BCUT2D eigenvalue weighted by Gasteiger charge is 1.91. The highest BCUT2D eigenvalue weighted by molar-refractivity contribution is 5.28. The van der Waals surface area contributed by atoms with E-state index < -0.39 is 0 Å². The first-order chi connectivity index (χ1) is 4.34. The molecule has 0 amide bonds. The molecular formula is C7H6N2. The Kier molecular flexibility index (Phi) is 1.46. The third-order valence-corrected chi connectivity index (χ3v) is 1.12. The van der Waals surface area contributed by atoms with E-state index in [-0.39, 0.29) is 0 Å². The maximum Gasteiger partial charge on any atom is 0.143 e. The molecule has 1 aromatic heterocycles. The molecule has 0 aliphatic carbocycles. The van der Waals surface area contributed by atoms with Crippen molar-refractivity contribution in [1.29, 1.82) is 5.26 Å². The first kappa shape index (κ1) is 5.77. The minimum atomic E-state index is 0.512. The van der Waals surface area contributed by atoms with Gasteiger partial charge in [0.05, 0.1) is 0 Å². The van der Waals surface area contributed by atoms with Gasteiger partial charge in [-0.1, -0.05) is 6.07 Å². The largest absolute Gasteiger partial charge is 0.245 e. The normalized spacial score (nSPS) is 8.44. The number of nitriles is 1. The van der Waals surface area contributed by atoms with Crippen LogP contribution in [0, 0.1) is 18.3 Å². The van der Waals surface area contributed by atoms with E-state index in [0.29, 0.717) is 5.69 Å². The Morgan fingerprint density at radius 2 is 2.44 bits per heavy atom. The molecule has 0 aromatic carbocycles. The fraction of sp³-hybridized carbons (Fsp3) is 0.143. The first-order valence-corrected chi connectivity index (χ1v) is 2.66. The van der Waals surface area contributed by atoms with Crippen molar-refractivity contribution in [2.45, 2.75) is 6.92 Å². The minimum absolute atomic E-state index is 0.512. The van der Waals surface area contributed by atoms with Crippen molar-refractivity contribution in [2.24, 2.45) is 0 Å². The first-order valence-electron chi connectivity index (χ1n) is 2.66. The molecule has 0 aliphatic rings. The van der Waals surface area contributed by atoms with Gasteiger partial charge < -0.3 is 0 Å². The van der Waals surface area contributed by atoms with Crippen LogP contribution in [-0.2, 0) is 0 Å². The number of hydrogen-bond donors (Lipinski definition) is 0. The Hall–Kier alpha value is -1.36. The molecule has 0 bridgehead atoms. The topological polar surface area (TPSA) is 36.7 Å². The van der Waals surface area contributed by atoms with Crippen molar-refractivity contribution in [2.75, 3.05) is 0 Å². The van der Waals surface area contributed by atoms with Gasteiger partial charge in [0.1, 0.15) is 11.8 Å². The van der Waals surface area contributed by atoms with Gasteiger partial charge in [0, 0.05) is 6.20 Å². The summed E-state index contributed by atoms with van der Waals surface area (Å²) in [4.78, 5) is 3.84. The molecule has 1 heterocycles. The van der Waals surface area contributed by atoms with Crippen molar-refractivity contribution in [3.05, 3.63) is 29.6 Å². The zero-order valence-electron chi connectivity index (χ0n) is 5.13. The fourth-order valence-electron chi connectivity index (χ4n) is 0.603. The molecule has 0 saturated carbocycles. The molecule has 0 atom stereocenters. The SMILES string of the molecule is Cc1cccnc1C#N. The monoisotopic (exact) mass is 118 g/mol. The van der Waals surface area contributed by atoms with Crippen LogP contribution in [0.1, 0.15) is 11.3 Å². The number of rotatable bonds is 0. The molecule has 0 spiro atoms. The van der Waals surface area contributed by atoms with Crippen LogP contribution in [0.5, 0.6) is 0 Å². The van der Waals surface area contributed by atoms with E-state index >= 15 is 0 Å². The van der Waals surface area contributed by atoms with Gasteiger partial charge in [0.2, 0.25) is 0 Å². The van der Waals surface area contributed by atoms with Crippen LogP contribution in [0.4, 0.5) is 0 Å². The lowest BCUT2D eigenvalue weighted by Crippen LogP contribution is -1.83. The van der Waals surface area contributed by atoms with E-state index in [9.17, 15) is 0 Å². The summed E-state index contributed by atoms with van der Waals surface area (Å²) in [5.74, 6) is 0. The van der Waals surface area contributed by atoms with Crippen LogP contribution in [0.2, 0.25) is 0 Å². The Labute approximate surface area is 53.8 Å². The number of nitrogens with zero attached hydrogens (tertiary/aromatic N) is 2. The van der Waals surface area contributed by atoms with Crippen LogP contribution in [-0.4, -0.2) is 4.98 Å². The third-order valence-electron chi connectivity index (χ3n) is 1.12. The summed E-state index contributed by atoms with van der Waals surface area (Å²) in [5, 5.41) is 8.41. The Morgan fingerprint density at radius 3 is 2.89 bits per heavy atom. The Bertz CT molecular complexity index is 247. The van der Waals surface area contributed by atoms with E-state index in [1.54, 1.807) is 6.20 Å². The molecule has 0 unspecified atom stereocenters. The molecule has 1 rings (SSSR count). The average Bonchev–Trinajstić information content (AvgIpc) is 1.89. The average molecular weight is 118 g/mol. The van der Waals surface area contributed by atoms with E-state index in [2.05, 4.69) is 4.98 Å². The maximum absolute atomic E-state index is 8.41. The lowest BCUT2D eigenvalue weighted by atomic mass is 10.2. The highest BCUT2D eigenvalue weighted by atomic mass is 14.7. The maximum atomic E-state index is 8.41. The summed E-state index contributed by atoms with van der Waals surface area (Å²) in [6.45, 7) is 1.87. The van der Waals surface area contributed by atoms with Gasteiger partial charge in [-0.3, -0.25) is 0 Å². The van der Waals surface area contributed by atoms with Crippen molar-refractivity contribution < 1.29 is 0 Å². The second-order valence-corrected chi connectivity index (χ2v) is 1.78. The van der Waals surface area contributed by atoms with Gasteiger partial charge in [-0.2, -0.15) is 5.26 Å². The van der Waals surface area contributed by atoms with Crippen molar-refractivity contribution in [3.8, 4) is 6.07 Å². The van der Waals surface area contributed by atoms with Crippen molar-refractivity contribution in [1.82, 2.24) is 4.98 Å². The van der Waals surface area contributed by atoms with E-state index in [4.69, 9.17) is 5.26 Å².